The van der Waals surface area contributed by atoms with Gasteiger partial charge in [-0.25, -0.2) is 13.2 Å². The van der Waals surface area contributed by atoms with E-state index in [9.17, 15) is 18.0 Å². The average molecular weight is 409 g/mol. The van der Waals surface area contributed by atoms with Gasteiger partial charge >= 0.3 is 5.97 Å². The SMILES string of the molecule is C[C@@H]1CCCN(C(=O)COC(=O)c2ccc(S(=O)(=O)N3CCCCC3)cc2)C1. The average Bonchev–Trinajstić information content (AvgIpc) is 2.72. The molecule has 1 aromatic rings. The smallest absolute Gasteiger partial charge is 0.338 e. The lowest BCUT2D eigenvalue weighted by Crippen LogP contribution is -2.41. The molecule has 1 aromatic carbocycles. The number of ether oxygens (including phenoxy) is 1. The molecule has 0 spiro atoms. The Labute approximate surface area is 166 Å². The van der Waals surface area contributed by atoms with Crippen molar-refractivity contribution in [3.8, 4) is 0 Å². The van der Waals surface area contributed by atoms with Crippen molar-refractivity contribution >= 4 is 21.9 Å². The number of rotatable bonds is 5. The van der Waals surface area contributed by atoms with E-state index in [0.717, 1.165) is 32.1 Å². The topological polar surface area (TPSA) is 84.0 Å². The first-order valence-electron chi connectivity index (χ1n) is 9.93. The molecule has 2 heterocycles. The molecule has 0 aromatic heterocycles. The molecule has 0 radical (unpaired) electrons. The minimum Gasteiger partial charge on any atom is -0.452 e. The Morgan fingerprint density at radius 1 is 1.04 bits per heavy atom. The van der Waals surface area contributed by atoms with Gasteiger partial charge in [-0.15, -0.1) is 0 Å². The molecule has 8 heteroatoms. The molecule has 28 heavy (non-hydrogen) atoms. The standard InChI is InChI=1S/C20H28N2O5S/c1-16-6-5-11-21(14-16)19(23)15-27-20(24)17-7-9-18(10-8-17)28(25,26)22-12-3-2-4-13-22/h7-10,16H,2-6,11-15H2,1H3/t16-/m1/s1. The molecule has 0 saturated carbocycles. The number of esters is 1. The fraction of sp³-hybridized carbons (Fsp3) is 0.600. The molecule has 0 unspecified atom stereocenters. The number of hydrogen-bond acceptors (Lipinski definition) is 5. The predicted molar refractivity (Wildman–Crippen MR) is 104 cm³/mol. The van der Waals surface area contributed by atoms with E-state index in [0.29, 0.717) is 32.1 Å². The van der Waals surface area contributed by atoms with Crippen LogP contribution >= 0.6 is 0 Å². The van der Waals surface area contributed by atoms with Crippen LogP contribution in [0.15, 0.2) is 29.2 Å². The van der Waals surface area contributed by atoms with Gasteiger partial charge in [-0.3, -0.25) is 4.79 Å². The van der Waals surface area contributed by atoms with Crippen molar-refractivity contribution in [2.45, 2.75) is 43.9 Å². The molecule has 1 amide bonds. The second-order valence-corrected chi connectivity index (χ2v) is 9.59. The van der Waals surface area contributed by atoms with Crippen LogP contribution in [0.5, 0.6) is 0 Å². The number of sulfonamides is 1. The van der Waals surface area contributed by atoms with E-state index >= 15 is 0 Å². The van der Waals surface area contributed by atoms with Crippen LogP contribution in [0, 0.1) is 5.92 Å². The summed E-state index contributed by atoms with van der Waals surface area (Å²) in [4.78, 5) is 26.3. The molecule has 0 aliphatic carbocycles. The lowest BCUT2D eigenvalue weighted by atomic mass is 10.0. The summed E-state index contributed by atoms with van der Waals surface area (Å²) in [7, 11) is -3.53. The van der Waals surface area contributed by atoms with Crippen LogP contribution < -0.4 is 0 Å². The molecular formula is C20H28N2O5S. The van der Waals surface area contributed by atoms with E-state index in [1.165, 1.54) is 28.6 Å². The monoisotopic (exact) mass is 408 g/mol. The van der Waals surface area contributed by atoms with E-state index in [2.05, 4.69) is 6.92 Å². The molecule has 2 aliphatic heterocycles. The first-order chi connectivity index (χ1) is 13.4. The summed E-state index contributed by atoms with van der Waals surface area (Å²) in [6.45, 7) is 4.26. The fourth-order valence-corrected chi connectivity index (χ4v) is 5.25. The third-order valence-corrected chi connectivity index (χ3v) is 7.29. The van der Waals surface area contributed by atoms with Crippen LogP contribution in [0.4, 0.5) is 0 Å². The van der Waals surface area contributed by atoms with E-state index in [1.54, 1.807) is 4.90 Å². The Balaban J connectivity index is 1.57. The highest BCUT2D eigenvalue weighted by molar-refractivity contribution is 7.89. The van der Waals surface area contributed by atoms with Gasteiger partial charge in [0.2, 0.25) is 10.0 Å². The second kappa shape index (κ2) is 9.05. The predicted octanol–water partition coefficient (Wildman–Crippen LogP) is 2.28. The summed E-state index contributed by atoms with van der Waals surface area (Å²) in [5, 5.41) is 0. The molecule has 2 saturated heterocycles. The summed E-state index contributed by atoms with van der Waals surface area (Å²) >= 11 is 0. The van der Waals surface area contributed by atoms with Crippen molar-refractivity contribution in [2.24, 2.45) is 5.92 Å². The van der Waals surface area contributed by atoms with Gasteiger partial charge in [0.15, 0.2) is 6.61 Å². The number of benzene rings is 1. The largest absolute Gasteiger partial charge is 0.452 e. The number of likely N-dealkylation sites (tertiary alicyclic amines) is 1. The van der Waals surface area contributed by atoms with Crippen LogP contribution in [-0.2, 0) is 19.6 Å². The molecule has 0 bridgehead atoms. The van der Waals surface area contributed by atoms with Gasteiger partial charge in [-0.1, -0.05) is 13.3 Å². The summed E-state index contributed by atoms with van der Waals surface area (Å²) in [6, 6.07) is 5.72. The number of amides is 1. The van der Waals surface area contributed by atoms with E-state index < -0.39 is 16.0 Å². The summed E-state index contributed by atoms with van der Waals surface area (Å²) < 4.78 is 31.9. The molecule has 1 atom stereocenters. The van der Waals surface area contributed by atoms with E-state index in [-0.39, 0.29) is 23.0 Å². The molecule has 0 N–H and O–H groups in total. The van der Waals surface area contributed by atoms with Gasteiger partial charge in [0.25, 0.3) is 5.91 Å². The maximum atomic E-state index is 12.6. The lowest BCUT2D eigenvalue weighted by Gasteiger charge is -2.30. The van der Waals surface area contributed by atoms with Gasteiger partial charge in [-0.05, 0) is 55.9 Å². The second-order valence-electron chi connectivity index (χ2n) is 7.65. The quantitative estimate of drug-likeness (QED) is 0.698. The van der Waals surface area contributed by atoms with Crippen LogP contribution in [0.1, 0.15) is 49.4 Å². The molecule has 154 valence electrons. The first kappa shape index (κ1) is 20.8. The Kier molecular flexibility index (Phi) is 6.72. The third-order valence-electron chi connectivity index (χ3n) is 5.38. The molecular weight excluding hydrogens is 380 g/mol. The number of piperidine rings is 2. The van der Waals surface area contributed by atoms with Crippen LogP contribution in [0.3, 0.4) is 0 Å². The summed E-state index contributed by atoms with van der Waals surface area (Å²) in [5.74, 6) is -0.354. The minimum atomic E-state index is -3.53. The highest BCUT2D eigenvalue weighted by Crippen LogP contribution is 2.21. The van der Waals surface area contributed by atoms with Crippen molar-refractivity contribution in [1.82, 2.24) is 9.21 Å². The molecule has 3 rings (SSSR count). The van der Waals surface area contributed by atoms with Gasteiger partial charge in [0, 0.05) is 26.2 Å². The molecule has 2 fully saturated rings. The van der Waals surface area contributed by atoms with Crippen LogP contribution in [-0.4, -0.2) is 62.3 Å². The van der Waals surface area contributed by atoms with Crippen molar-refractivity contribution < 1.29 is 22.7 Å². The normalized spacial score (nSPS) is 21.3. The number of carbonyl (C=O) groups excluding carboxylic acids is 2. The minimum absolute atomic E-state index is 0.171. The van der Waals surface area contributed by atoms with Crippen LogP contribution in [0.2, 0.25) is 0 Å². The highest BCUT2D eigenvalue weighted by atomic mass is 32.2. The molecule has 7 nitrogen and oxygen atoms in total. The summed E-state index contributed by atoms with van der Waals surface area (Å²) in [5.41, 5.74) is 0.234. The molecule has 2 aliphatic rings. The first-order valence-corrected chi connectivity index (χ1v) is 11.4. The zero-order chi connectivity index (χ0) is 20.1. The van der Waals surface area contributed by atoms with E-state index in [4.69, 9.17) is 4.74 Å². The Morgan fingerprint density at radius 3 is 2.36 bits per heavy atom. The lowest BCUT2D eigenvalue weighted by molar-refractivity contribution is -0.136. The Bertz CT molecular complexity index is 800. The zero-order valence-corrected chi connectivity index (χ0v) is 17.1. The van der Waals surface area contributed by atoms with Crippen LogP contribution in [0.25, 0.3) is 0 Å². The third kappa shape index (κ3) is 4.91. The summed E-state index contributed by atoms with van der Waals surface area (Å²) in [6.07, 6.45) is 4.86. The van der Waals surface area contributed by atoms with Gasteiger partial charge in [0.1, 0.15) is 0 Å². The zero-order valence-electron chi connectivity index (χ0n) is 16.3. The maximum absolute atomic E-state index is 12.6. The van der Waals surface area contributed by atoms with Crippen molar-refractivity contribution in [3.05, 3.63) is 29.8 Å². The van der Waals surface area contributed by atoms with Gasteiger partial charge in [-0.2, -0.15) is 4.31 Å². The maximum Gasteiger partial charge on any atom is 0.338 e. The van der Waals surface area contributed by atoms with Crippen molar-refractivity contribution in [2.75, 3.05) is 32.8 Å². The Hall–Kier alpha value is -1.93. The Morgan fingerprint density at radius 2 is 1.71 bits per heavy atom. The van der Waals surface area contributed by atoms with E-state index in [1.807, 2.05) is 0 Å². The van der Waals surface area contributed by atoms with Crippen molar-refractivity contribution in [3.63, 3.8) is 0 Å². The highest BCUT2D eigenvalue weighted by Gasteiger charge is 2.26. The number of carbonyl (C=O) groups is 2. The van der Waals surface area contributed by atoms with Gasteiger partial charge < -0.3 is 9.64 Å². The van der Waals surface area contributed by atoms with Crippen molar-refractivity contribution in [1.29, 1.82) is 0 Å². The van der Waals surface area contributed by atoms with Gasteiger partial charge in [0.05, 0.1) is 10.5 Å². The number of hydrogen-bond donors (Lipinski definition) is 0. The number of nitrogens with zero attached hydrogens (tertiary/aromatic N) is 2. The fourth-order valence-electron chi connectivity index (χ4n) is 3.74.